The second kappa shape index (κ2) is 36.6. The SMILES string of the molecule is CC(=O)O.CC(=O)O.CC(=O)O.CC(=O)O.NCCN.[Ba]. The van der Waals surface area contributed by atoms with Crippen LogP contribution in [0.5, 0.6) is 0 Å². The summed E-state index contributed by atoms with van der Waals surface area (Å²) in [6.07, 6.45) is 0. The van der Waals surface area contributed by atoms with Crippen molar-refractivity contribution in [3.05, 3.63) is 0 Å². The van der Waals surface area contributed by atoms with E-state index in [0.29, 0.717) is 13.1 Å². The normalized spacial score (nSPS) is 6.19. The minimum Gasteiger partial charge on any atom is -0.481 e. The van der Waals surface area contributed by atoms with Gasteiger partial charge in [-0.2, -0.15) is 0 Å². The molecular formula is C10H24BaN2O8. The van der Waals surface area contributed by atoms with Gasteiger partial charge >= 0.3 is 0 Å². The zero-order chi connectivity index (χ0) is 17.7. The smallest absolute Gasteiger partial charge is 0.300 e. The summed E-state index contributed by atoms with van der Waals surface area (Å²) in [6, 6.07) is 0. The van der Waals surface area contributed by atoms with Crippen LogP contribution >= 0.6 is 0 Å². The third-order valence-corrected chi connectivity index (χ3v) is 0.167. The van der Waals surface area contributed by atoms with Crippen LogP contribution in [0.25, 0.3) is 0 Å². The summed E-state index contributed by atoms with van der Waals surface area (Å²) >= 11 is 0. The molecule has 8 N–H and O–H groups in total. The molecule has 124 valence electrons. The van der Waals surface area contributed by atoms with E-state index < -0.39 is 23.9 Å². The van der Waals surface area contributed by atoms with Gasteiger partial charge in [-0.05, 0) is 0 Å². The van der Waals surface area contributed by atoms with Crippen LogP contribution in [0.1, 0.15) is 27.7 Å². The van der Waals surface area contributed by atoms with Crippen molar-refractivity contribution in [1.29, 1.82) is 0 Å². The second-order valence-corrected chi connectivity index (χ2v) is 2.65. The molecule has 0 saturated heterocycles. The minimum atomic E-state index is -0.833. The number of carboxylic acid groups (broad SMARTS) is 4. The van der Waals surface area contributed by atoms with Crippen LogP contribution in [-0.2, 0) is 19.2 Å². The summed E-state index contributed by atoms with van der Waals surface area (Å²) in [6.45, 7) is 5.53. The Bertz CT molecular complexity index is 195. The summed E-state index contributed by atoms with van der Waals surface area (Å²) in [5.41, 5.74) is 9.81. The molecule has 21 heavy (non-hydrogen) atoms. The fourth-order valence-corrected chi connectivity index (χ4v) is 0. The molecule has 11 heteroatoms. The Kier molecular flexibility index (Phi) is 64.4. The molecule has 0 amide bonds. The molecule has 10 nitrogen and oxygen atoms in total. The Hall–Kier alpha value is -0.629. The number of carbonyl (C=O) groups is 4. The molecule has 0 saturated carbocycles. The first-order valence-electron chi connectivity index (χ1n) is 5.03. The van der Waals surface area contributed by atoms with Gasteiger partial charge in [0, 0.05) is 89.7 Å². The summed E-state index contributed by atoms with van der Waals surface area (Å²) < 4.78 is 0. The average Bonchev–Trinajstić information content (AvgIpc) is 2.13. The van der Waals surface area contributed by atoms with Crippen molar-refractivity contribution in [2.75, 3.05) is 13.1 Å². The van der Waals surface area contributed by atoms with E-state index in [1.54, 1.807) is 0 Å². The van der Waals surface area contributed by atoms with Crippen molar-refractivity contribution in [2.45, 2.75) is 27.7 Å². The summed E-state index contributed by atoms with van der Waals surface area (Å²) in [7, 11) is 0. The average molecular weight is 438 g/mol. The van der Waals surface area contributed by atoms with Crippen molar-refractivity contribution >= 4 is 72.8 Å². The van der Waals surface area contributed by atoms with E-state index >= 15 is 0 Å². The van der Waals surface area contributed by atoms with E-state index in [9.17, 15) is 0 Å². The van der Waals surface area contributed by atoms with Crippen molar-refractivity contribution in [2.24, 2.45) is 11.5 Å². The molecule has 0 aliphatic heterocycles. The van der Waals surface area contributed by atoms with Crippen molar-refractivity contribution in [3.63, 3.8) is 0 Å². The van der Waals surface area contributed by atoms with Gasteiger partial charge in [0.15, 0.2) is 0 Å². The van der Waals surface area contributed by atoms with Gasteiger partial charge in [-0.3, -0.25) is 19.2 Å². The van der Waals surface area contributed by atoms with E-state index in [1.807, 2.05) is 0 Å². The van der Waals surface area contributed by atoms with Gasteiger partial charge in [0.2, 0.25) is 0 Å². The molecule has 0 aromatic carbocycles. The number of carboxylic acids is 4. The topological polar surface area (TPSA) is 201 Å². The fourth-order valence-electron chi connectivity index (χ4n) is 0. The molecule has 2 radical (unpaired) electrons. The molecule has 0 heterocycles. The molecule has 0 atom stereocenters. The fraction of sp³-hybridized carbons (Fsp3) is 0.600. The number of nitrogens with two attached hydrogens (primary N) is 2. The second-order valence-electron chi connectivity index (χ2n) is 2.65. The van der Waals surface area contributed by atoms with E-state index in [4.69, 9.17) is 51.1 Å². The molecular weight excluding hydrogens is 413 g/mol. The number of aliphatic carboxylic acids is 4. The summed E-state index contributed by atoms with van der Waals surface area (Å²) in [5.74, 6) is -3.33. The maximum atomic E-state index is 9.00. The molecule has 0 aliphatic rings. The minimum absolute atomic E-state index is 0. The maximum Gasteiger partial charge on any atom is 0.300 e. The molecule has 0 bridgehead atoms. The zero-order valence-corrected chi connectivity index (χ0v) is 17.1. The van der Waals surface area contributed by atoms with Crippen LogP contribution in [0.3, 0.4) is 0 Å². The number of hydrogen-bond donors (Lipinski definition) is 6. The zero-order valence-electron chi connectivity index (χ0n) is 12.7. The van der Waals surface area contributed by atoms with Crippen LogP contribution in [0.4, 0.5) is 0 Å². The molecule has 0 aromatic rings. The predicted octanol–water partition coefficient (Wildman–Crippen LogP) is -1.11. The Morgan fingerprint density at radius 2 is 0.667 bits per heavy atom. The molecule has 0 fully saturated rings. The van der Waals surface area contributed by atoms with Gasteiger partial charge < -0.3 is 31.9 Å². The number of hydrogen-bond acceptors (Lipinski definition) is 6. The van der Waals surface area contributed by atoms with Crippen molar-refractivity contribution in [3.8, 4) is 0 Å². The Morgan fingerprint density at radius 1 is 0.619 bits per heavy atom. The van der Waals surface area contributed by atoms with E-state index in [-0.39, 0.29) is 48.9 Å². The predicted molar refractivity (Wildman–Crippen MR) is 77.1 cm³/mol. The Morgan fingerprint density at radius 3 is 0.667 bits per heavy atom. The van der Waals surface area contributed by atoms with E-state index in [2.05, 4.69) is 0 Å². The standard InChI is InChI=1S/C2H8N2.4C2H4O2.Ba/c3-1-2-4;4*1-2(3)4;/h1-4H2;4*1H3,(H,3,4);. The van der Waals surface area contributed by atoms with Gasteiger partial charge in [0.25, 0.3) is 23.9 Å². The monoisotopic (exact) mass is 438 g/mol. The van der Waals surface area contributed by atoms with Gasteiger partial charge in [-0.1, -0.05) is 0 Å². The first-order valence-corrected chi connectivity index (χ1v) is 5.03. The first-order chi connectivity index (χ1) is 8.84. The Labute approximate surface area is 163 Å². The van der Waals surface area contributed by atoms with E-state index in [1.165, 1.54) is 0 Å². The summed E-state index contributed by atoms with van der Waals surface area (Å²) in [5, 5.41) is 29.7. The molecule has 0 unspecified atom stereocenters. The van der Waals surface area contributed by atoms with Gasteiger partial charge in [0.1, 0.15) is 0 Å². The summed E-state index contributed by atoms with van der Waals surface area (Å²) in [4.78, 5) is 36.0. The van der Waals surface area contributed by atoms with Crippen LogP contribution in [0, 0.1) is 0 Å². The molecule has 0 spiro atoms. The van der Waals surface area contributed by atoms with E-state index in [0.717, 1.165) is 27.7 Å². The Balaban J connectivity index is -0.0000000331. The quantitative estimate of drug-likeness (QED) is 0.273. The van der Waals surface area contributed by atoms with Gasteiger partial charge in [0.05, 0.1) is 0 Å². The molecule has 0 aromatic heterocycles. The largest absolute Gasteiger partial charge is 0.481 e. The number of rotatable bonds is 1. The molecule has 0 rings (SSSR count). The van der Waals surface area contributed by atoms with Crippen molar-refractivity contribution in [1.82, 2.24) is 0 Å². The van der Waals surface area contributed by atoms with Crippen LogP contribution in [0.2, 0.25) is 0 Å². The van der Waals surface area contributed by atoms with Crippen molar-refractivity contribution < 1.29 is 39.6 Å². The van der Waals surface area contributed by atoms with Crippen LogP contribution in [0.15, 0.2) is 0 Å². The maximum absolute atomic E-state index is 9.00. The third kappa shape index (κ3) is 42400. The van der Waals surface area contributed by atoms with Gasteiger partial charge in [-0.25, -0.2) is 0 Å². The van der Waals surface area contributed by atoms with Crippen LogP contribution < -0.4 is 11.5 Å². The van der Waals surface area contributed by atoms with Crippen LogP contribution in [-0.4, -0.2) is 106 Å². The molecule has 0 aliphatic carbocycles. The third-order valence-electron chi connectivity index (χ3n) is 0.167. The van der Waals surface area contributed by atoms with Gasteiger partial charge in [-0.15, -0.1) is 0 Å². The first kappa shape index (κ1) is 37.0.